The van der Waals surface area contributed by atoms with Gasteiger partial charge in [0.05, 0.1) is 5.52 Å². The van der Waals surface area contributed by atoms with Crippen molar-refractivity contribution in [2.24, 2.45) is 7.05 Å². The van der Waals surface area contributed by atoms with Crippen LogP contribution in [0.3, 0.4) is 0 Å². The predicted octanol–water partition coefficient (Wildman–Crippen LogP) is 2.53. The number of hydrogen-bond donors (Lipinski definition) is 2. The number of aliphatic carboxylic acids is 1. The van der Waals surface area contributed by atoms with Gasteiger partial charge >= 0.3 is 5.97 Å². The minimum absolute atomic E-state index is 0.107. The summed E-state index contributed by atoms with van der Waals surface area (Å²) in [6, 6.07) is 16.3. The highest BCUT2D eigenvalue weighted by Gasteiger charge is 2.12. The van der Waals surface area contributed by atoms with Crippen LogP contribution in [-0.4, -0.2) is 32.1 Å². The molecule has 6 heteroatoms. The maximum atomic E-state index is 10.9. The summed E-state index contributed by atoms with van der Waals surface area (Å²) in [6.45, 7) is 0.670. The molecule has 0 bridgehead atoms. The van der Waals surface area contributed by atoms with Crippen molar-refractivity contribution in [3.05, 3.63) is 59.7 Å². The molecule has 130 valence electrons. The summed E-state index contributed by atoms with van der Waals surface area (Å²) in [5.74, 6) is -0.763. The van der Waals surface area contributed by atoms with Crippen LogP contribution in [0.25, 0.3) is 11.0 Å². The van der Waals surface area contributed by atoms with Crippen molar-refractivity contribution in [1.29, 1.82) is 0 Å². The van der Waals surface area contributed by atoms with E-state index >= 15 is 0 Å². The summed E-state index contributed by atoms with van der Waals surface area (Å²) >= 11 is 0. The second kappa shape index (κ2) is 7.90. The maximum absolute atomic E-state index is 10.9. The van der Waals surface area contributed by atoms with Crippen molar-refractivity contribution in [3.8, 4) is 0 Å². The molecule has 1 atom stereocenters. The molecule has 0 aliphatic heterocycles. The van der Waals surface area contributed by atoms with E-state index in [0.717, 1.165) is 23.0 Å². The van der Waals surface area contributed by atoms with Gasteiger partial charge in [-0.1, -0.05) is 41.6 Å². The average molecular weight is 338 g/mol. The van der Waals surface area contributed by atoms with Crippen LogP contribution in [0.5, 0.6) is 0 Å². The number of nitrogens with one attached hydrogen (secondary N) is 1. The Labute approximate surface area is 146 Å². The van der Waals surface area contributed by atoms with E-state index in [-0.39, 0.29) is 12.5 Å². The van der Waals surface area contributed by atoms with E-state index in [4.69, 9.17) is 5.11 Å². The van der Waals surface area contributed by atoms with Gasteiger partial charge in [-0.25, -0.2) is 4.68 Å². The van der Waals surface area contributed by atoms with Gasteiger partial charge in [-0.15, -0.1) is 5.10 Å². The smallest absolute Gasteiger partial charge is 0.303 e. The van der Waals surface area contributed by atoms with E-state index in [9.17, 15) is 4.79 Å². The summed E-state index contributed by atoms with van der Waals surface area (Å²) in [7, 11) is 1.87. The molecule has 3 rings (SSSR count). The van der Waals surface area contributed by atoms with Gasteiger partial charge in [0, 0.05) is 26.1 Å². The maximum Gasteiger partial charge on any atom is 0.303 e. The number of carbonyl (C=O) groups is 1. The zero-order chi connectivity index (χ0) is 17.6. The number of carboxylic acids is 1. The summed E-state index contributed by atoms with van der Waals surface area (Å²) in [4.78, 5) is 10.9. The van der Waals surface area contributed by atoms with Crippen LogP contribution >= 0.6 is 0 Å². The lowest BCUT2D eigenvalue weighted by Crippen LogP contribution is -2.31. The SMILES string of the molecule is Cn1nnc2cc(CNC(CCC(=O)O)Cc3ccccc3)ccc21. The van der Waals surface area contributed by atoms with Gasteiger partial charge in [0.1, 0.15) is 5.52 Å². The van der Waals surface area contributed by atoms with E-state index in [1.54, 1.807) is 4.68 Å². The van der Waals surface area contributed by atoms with Gasteiger partial charge in [-0.2, -0.15) is 0 Å². The number of hydrogen-bond acceptors (Lipinski definition) is 4. The third kappa shape index (κ3) is 4.64. The monoisotopic (exact) mass is 338 g/mol. The topological polar surface area (TPSA) is 80.0 Å². The number of fused-ring (bicyclic) bond motifs is 1. The molecule has 0 fully saturated rings. The molecule has 25 heavy (non-hydrogen) atoms. The van der Waals surface area contributed by atoms with Crippen molar-refractivity contribution < 1.29 is 9.90 Å². The fourth-order valence-corrected chi connectivity index (χ4v) is 2.93. The first-order valence-corrected chi connectivity index (χ1v) is 8.39. The summed E-state index contributed by atoms with van der Waals surface area (Å²) in [5.41, 5.74) is 4.18. The lowest BCUT2D eigenvalue weighted by atomic mass is 10.0. The number of carboxylic acid groups (broad SMARTS) is 1. The number of aromatic nitrogens is 3. The lowest BCUT2D eigenvalue weighted by Gasteiger charge is -2.18. The van der Waals surface area contributed by atoms with Crippen LogP contribution in [-0.2, 0) is 24.8 Å². The Balaban J connectivity index is 1.66. The first kappa shape index (κ1) is 17.1. The van der Waals surface area contributed by atoms with Gasteiger partial charge in [0.15, 0.2) is 0 Å². The molecule has 0 saturated heterocycles. The Morgan fingerprint density at radius 2 is 2.00 bits per heavy atom. The first-order chi connectivity index (χ1) is 12.1. The minimum Gasteiger partial charge on any atom is -0.481 e. The predicted molar refractivity (Wildman–Crippen MR) is 96.2 cm³/mol. The largest absolute Gasteiger partial charge is 0.481 e. The van der Waals surface area contributed by atoms with Crippen LogP contribution < -0.4 is 5.32 Å². The summed E-state index contributed by atoms with van der Waals surface area (Å²) < 4.78 is 1.75. The fourth-order valence-electron chi connectivity index (χ4n) is 2.93. The number of rotatable bonds is 8. The standard InChI is InChI=1S/C19H22N4O2/c1-23-18-9-7-15(12-17(18)21-22-23)13-20-16(8-10-19(24)25)11-14-5-3-2-4-6-14/h2-7,9,12,16,20H,8,10-11,13H2,1H3,(H,24,25). The van der Waals surface area contributed by atoms with Gasteiger partial charge < -0.3 is 10.4 Å². The molecule has 1 aromatic heterocycles. The Morgan fingerprint density at radius 3 is 2.76 bits per heavy atom. The van der Waals surface area contributed by atoms with E-state index in [2.05, 4.69) is 33.8 Å². The highest BCUT2D eigenvalue weighted by Crippen LogP contribution is 2.14. The second-order valence-corrected chi connectivity index (χ2v) is 6.24. The van der Waals surface area contributed by atoms with Crippen molar-refractivity contribution in [3.63, 3.8) is 0 Å². The van der Waals surface area contributed by atoms with Gasteiger partial charge in [0.2, 0.25) is 0 Å². The van der Waals surface area contributed by atoms with E-state index in [0.29, 0.717) is 13.0 Å². The Morgan fingerprint density at radius 1 is 1.20 bits per heavy atom. The number of benzene rings is 2. The fraction of sp³-hybridized carbons (Fsp3) is 0.316. The van der Waals surface area contributed by atoms with Crippen molar-refractivity contribution in [1.82, 2.24) is 20.3 Å². The highest BCUT2D eigenvalue weighted by molar-refractivity contribution is 5.74. The zero-order valence-electron chi connectivity index (χ0n) is 14.2. The molecular formula is C19H22N4O2. The van der Waals surface area contributed by atoms with E-state index in [1.807, 2.05) is 37.4 Å². The molecule has 1 unspecified atom stereocenters. The van der Waals surface area contributed by atoms with Crippen molar-refractivity contribution in [2.45, 2.75) is 31.8 Å². The lowest BCUT2D eigenvalue weighted by molar-refractivity contribution is -0.137. The number of nitrogens with zero attached hydrogens (tertiary/aromatic N) is 3. The molecule has 0 saturated carbocycles. The van der Waals surface area contributed by atoms with Crippen LogP contribution in [0, 0.1) is 0 Å². The Kier molecular flexibility index (Phi) is 5.40. The third-order valence-corrected chi connectivity index (χ3v) is 4.30. The van der Waals surface area contributed by atoms with E-state index in [1.165, 1.54) is 5.56 Å². The van der Waals surface area contributed by atoms with Crippen molar-refractivity contribution >= 4 is 17.0 Å². The van der Waals surface area contributed by atoms with Crippen LogP contribution in [0.15, 0.2) is 48.5 Å². The quantitative estimate of drug-likeness (QED) is 0.660. The normalized spacial score (nSPS) is 12.4. The molecule has 6 nitrogen and oxygen atoms in total. The molecule has 2 N–H and O–H groups in total. The highest BCUT2D eigenvalue weighted by atomic mass is 16.4. The van der Waals surface area contributed by atoms with Gasteiger partial charge in [0.25, 0.3) is 0 Å². The Hall–Kier alpha value is -2.73. The third-order valence-electron chi connectivity index (χ3n) is 4.30. The molecule has 3 aromatic rings. The van der Waals surface area contributed by atoms with Crippen LogP contribution in [0.4, 0.5) is 0 Å². The summed E-state index contributed by atoms with van der Waals surface area (Å²) in [5, 5.41) is 20.6. The number of aryl methyl sites for hydroxylation is 1. The minimum atomic E-state index is -0.763. The van der Waals surface area contributed by atoms with Gasteiger partial charge in [-0.3, -0.25) is 4.79 Å². The second-order valence-electron chi connectivity index (χ2n) is 6.24. The van der Waals surface area contributed by atoms with Crippen LogP contribution in [0.1, 0.15) is 24.0 Å². The summed E-state index contributed by atoms with van der Waals surface area (Å²) in [6.07, 6.45) is 1.56. The molecular weight excluding hydrogens is 316 g/mol. The molecule has 0 aliphatic carbocycles. The molecule has 0 amide bonds. The van der Waals surface area contributed by atoms with Crippen LogP contribution in [0.2, 0.25) is 0 Å². The molecule has 0 spiro atoms. The molecule has 0 radical (unpaired) electrons. The molecule has 1 heterocycles. The Bertz CT molecular complexity index is 845. The zero-order valence-corrected chi connectivity index (χ0v) is 14.2. The van der Waals surface area contributed by atoms with Gasteiger partial charge in [-0.05, 0) is 36.1 Å². The van der Waals surface area contributed by atoms with E-state index < -0.39 is 5.97 Å². The first-order valence-electron chi connectivity index (χ1n) is 8.39. The average Bonchev–Trinajstić information content (AvgIpc) is 2.98. The molecule has 0 aliphatic rings. The van der Waals surface area contributed by atoms with Crippen molar-refractivity contribution in [2.75, 3.05) is 0 Å². The molecule has 2 aromatic carbocycles.